The van der Waals surface area contributed by atoms with Gasteiger partial charge in [0.05, 0.1) is 23.8 Å². The Kier molecular flexibility index (Phi) is 5.11. The molecule has 1 aliphatic heterocycles. The number of esters is 1. The Balaban J connectivity index is 1.88. The van der Waals surface area contributed by atoms with E-state index in [2.05, 4.69) is 10.3 Å². The van der Waals surface area contributed by atoms with Crippen molar-refractivity contribution in [1.29, 1.82) is 0 Å². The van der Waals surface area contributed by atoms with Gasteiger partial charge in [-0.25, -0.2) is 9.78 Å². The molecule has 1 N–H and O–H groups in total. The highest BCUT2D eigenvalue weighted by molar-refractivity contribution is 6.30. The molecule has 0 unspecified atom stereocenters. The summed E-state index contributed by atoms with van der Waals surface area (Å²) in [6, 6.07) is 12.2. The topological polar surface area (TPSA) is 73.2 Å². The molecule has 148 valence electrons. The fourth-order valence-electron chi connectivity index (χ4n) is 3.76. The zero-order valence-electron chi connectivity index (χ0n) is 16.1. The number of anilines is 1. The summed E-state index contributed by atoms with van der Waals surface area (Å²) in [4.78, 5) is 30.6. The number of aromatic nitrogens is 2. The van der Waals surface area contributed by atoms with Crippen molar-refractivity contribution in [2.24, 2.45) is 7.05 Å². The van der Waals surface area contributed by atoms with E-state index in [1.165, 1.54) is 0 Å². The summed E-state index contributed by atoms with van der Waals surface area (Å²) < 4.78 is 6.99. The van der Waals surface area contributed by atoms with E-state index in [0.717, 1.165) is 5.56 Å². The van der Waals surface area contributed by atoms with Gasteiger partial charge in [-0.15, -0.1) is 0 Å². The predicted octanol–water partition coefficient (Wildman–Crippen LogP) is 4.38. The fraction of sp³-hybridized carbons (Fsp3) is 0.227. The summed E-state index contributed by atoms with van der Waals surface area (Å²) in [5.41, 5.74) is 2.11. The van der Waals surface area contributed by atoms with Crippen molar-refractivity contribution in [3.05, 3.63) is 82.4 Å². The molecular weight excluding hydrogens is 390 g/mol. The second-order valence-electron chi connectivity index (χ2n) is 6.86. The van der Waals surface area contributed by atoms with Crippen LogP contribution in [0.25, 0.3) is 0 Å². The van der Waals surface area contributed by atoms with Gasteiger partial charge in [0.1, 0.15) is 11.7 Å². The number of halogens is 1. The van der Waals surface area contributed by atoms with E-state index < -0.39 is 11.9 Å². The predicted molar refractivity (Wildman–Crippen MR) is 110 cm³/mol. The van der Waals surface area contributed by atoms with Gasteiger partial charge in [0.25, 0.3) is 0 Å². The second kappa shape index (κ2) is 7.72. The van der Waals surface area contributed by atoms with E-state index in [9.17, 15) is 9.59 Å². The van der Waals surface area contributed by atoms with Crippen LogP contribution in [0.2, 0.25) is 5.02 Å². The molecule has 2 heterocycles. The van der Waals surface area contributed by atoms with Gasteiger partial charge in [0.15, 0.2) is 5.78 Å². The standard InChI is InChI=1S/C22H20ClN3O3/c1-3-29-22(28)15-5-4-6-16-17(15)20(27)18(21-24-11-12-26(21)2)19(25-16)13-7-9-14(23)10-8-13/h4-12,18-19,25H,3H2,1-2H3/t18-,19-/m1/s1. The Labute approximate surface area is 173 Å². The number of nitrogens with one attached hydrogen (secondary N) is 1. The van der Waals surface area contributed by atoms with Crippen molar-refractivity contribution in [2.45, 2.75) is 18.9 Å². The average molecular weight is 410 g/mol. The molecule has 0 saturated heterocycles. The van der Waals surface area contributed by atoms with E-state index >= 15 is 0 Å². The van der Waals surface area contributed by atoms with Gasteiger partial charge in [-0.3, -0.25) is 4.79 Å². The first-order valence-corrected chi connectivity index (χ1v) is 9.72. The first-order valence-electron chi connectivity index (χ1n) is 9.34. The zero-order chi connectivity index (χ0) is 20.5. The number of carbonyl (C=O) groups is 2. The summed E-state index contributed by atoms with van der Waals surface area (Å²) in [7, 11) is 1.85. The van der Waals surface area contributed by atoms with Gasteiger partial charge in [-0.05, 0) is 36.8 Å². The minimum Gasteiger partial charge on any atom is -0.462 e. The van der Waals surface area contributed by atoms with Crippen LogP contribution in [0, 0.1) is 0 Å². The molecule has 29 heavy (non-hydrogen) atoms. The molecule has 0 aliphatic carbocycles. The Hall–Kier alpha value is -3.12. The number of nitrogens with zero attached hydrogens (tertiary/aromatic N) is 2. The molecule has 6 nitrogen and oxygen atoms in total. The van der Waals surface area contributed by atoms with Crippen LogP contribution < -0.4 is 5.32 Å². The lowest BCUT2D eigenvalue weighted by Crippen LogP contribution is -2.34. The molecule has 1 aromatic heterocycles. The average Bonchev–Trinajstić information content (AvgIpc) is 3.13. The number of rotatable bonds is 4. The smallest absolute Gasteiger partial charge is 0.338 e. The van der Waals surface area contributed by atoms with Gasteiger partial charge in [-0.2, -0.15) is 0 Å². The van der Waals surface area contributed by atoms with Crippen molar-refractivity contribution >= 4 is 29.0 Å². The fourth-order valence-corrected chi connectivity index (χ4v) is 3.89. The number of imidazole rings is 1. The lowest BCUT2D eigenvalue weighted by molar-refractivity contribution is 0.0522. The van der Waals surface area contributed by atoms with Crippen LogP contribution >= 0.6 is 11.6 Å². The van der Waals surface area contributed by atoms with Crippen LogP contribution in [0.4, 0.5) is 5.69 Å². The number of Topliss-reactive ketones (excluding diaryl/α,β-unsaturated/α-hetero) is 1. The summed E-state index contributed by atoms with van der Waals surface area (Å²) in [6.45, 7) is 1.97. The van der Waals surface area contributed by atoms with E-state index in [0.29, 0.717) is 22.1 Å². The number of benzene rings is 2. The van der Waals surface area contributed by atoms with Crippen LogP contribution in [-0.4, -0.2) is 27.9 Å². The molecule has 0 spiro atoms. The van der Waals surface area contributed by atoms with E-state index in [1.54, 1.807) is 49.6 Å². The Bertz CT molecular complexity index is 1080. The molecule has 0 saturated carbocycles. The number of hydrogen-bond donors (Lipinski definition) is 1. The maximum atomic E-state index is 13.7. The highest BCUT2D eigenvalue weighted by Crippen LogP contribution is 2.43. The molecule has 0 amide bonds. The van der Waals surface area contributed by atoms with Crippen LogP contribution in [0.5, 0.6) is 0 Å². The van der Waals surface area contributed by atoms with Crippen LogP contribution in [0.15, 0.2) is 54.9 Å². The summed E-state index contributed by atoms with van der Waals surface area (Å²) in [6.07, 6.45) is 3.46. The summed E-state index contributed by atoms with van der Waals surface area (Å²) in [5, 5.41) is 4.06. The van der Waals surface area contributed by atoms with Gasteiger partial charge in [0, 0.05) is 30.2 Å². The van der Waals surface area contributed by atoms with Crippen molar-refractivity contribution in [3.63, 3.8) is 0 Å². The molecule has 4 rings (SSSR count). The Morgan fingerprint density at radius 3 is 2.66 bits per heavy atom. The number of carbonyl (C=O) groups excluding carboxylic acids is 2. The van der Waals surface area contributed by atoms with Gasteiger partial charge < -0.3 is 14.6 Å². The molecule has 7 heteroatoms. The molecular formula is C22H20ClN3O3. The summed E-state index contributed by atoms with van der Waals surface area (Å²) in [5.74, 6) is -0.675. The monoisotopic (exact) mass is 409 g/mol. The lowest BCUT2D eigenvalue weighted by Gasteiger charge is -2.34. The SMILES string of the molecule is CCOC(=O)c1cccc2c1C(=O)[C@H](c1nccn1C)[C@@H](c1ccc(Cl)cc1)N2. The number of ketones is 1. The number of aryl methyl sites for hydroxylation is 1. The Morgan fingerprint density at radius 1 is 1.24 bits per heavy atom. The highest BCUT2D eigenvalue weighted by Gasteiger charge is 2.41. The minimum atomic E-state index is -0.612. The zero-order valence-corrected chi connectivity index (χ0v) is 16.8. The van der Waals surface area contributed by atoms with Crippen LogP contribution in [-0.2, 0) is 11.8 Å². The quantitative estimate of drug-likeness (QED) is 0.647. The third-order valence-electron chi connectivity index (χ3n) is 5.10. The van der Waals surface area contributed by atoms with Gasteiger partial charge >= 0.3 is 5.97 Å². The summed E-state index contributed by atoms with van der Waals surface area (Å²) >= 11 is 6.05. The van der Waals surface area contributed by atoms with Crippen molar-refractivity contribution < 1.29 is 14.3 Å². The first kappa shape index (κ1) is 19.2. The molecule has 0 bridgehead atoms. The second-order valence-corrected chi connectivity index (χ2v) is 7.30. The van der Waals surface area contributed by atoms with Crippen molar-refractivity contribution in [1.82, 2.24) is 9.55 Å². The van der Waals surface area contributed by atoms with Gasteiger partial charge in [-0.1, -0.05) is 29.8 Å². The third-order valence-corrected chi connectivity index (χ3v) is 5.35. The van der Waals surface area contributed by atoms with E-state index in [-0.39, 0.29) is 24.0 Å². The molecule has 2 atom stereocenters. The molecule has 1 aliphatic rings. The lowest BCUT2D eigenvalue weighted by atomic mass is 9.80. The molecule has 2 aromatic carbocycles. The Morgan fingerprint density at radius 2 is 2.00 bits per heavy atom. The third kappa shape index (κ3) is 3.40. The van der Waals surface area contributed by atoms with Crippen LogP contribution in [0.1, 0.15) is 51.0 Å². The van der Waals surface area contributed by atoms with Crippen molar-refractivity contribution in [3.8, 4) is 0 Å². The maximum absolute atomic E-state index is 13.7. The highest BCUT2D eigenvalue weighted by atomic mass is 35.5. The van der Waals surface area contributed by atoms with E-state index in [4.69, 9.17) is 16.3 Å². The molecule has 0 fully saturated rings. The van der Waals surface area contributed by atoms with Gasteiger partial charge in [0.2, 0.25) is 0 Å². The minimum absolute atomic E-state index is 0.170. The number of hydrogen-bond acceptors (Lipinski definition) is 5. The first-order chi connectivity index (χ1) is 14.0. The normalized spacial score (nSPS) is 18.1. The molecule has 3 aromatic rings. The maximum Gasteiger partial charge on any atom is 0.338 e. The van der Waals surface area contributed by atoms with E-state index in [1.807, 2.05) is 23.7 Å². The van der Waals surface area contributed by atoms with Crippen LogP contribution in [0.3, 0.4) is 0 Å². The number of fused-ring (bicyclic) bond motifs is 1. The molecule has 0 radical (unpaired) electrons. The largest absolute Gasteiger partial charge is 0.462 e. The van der Waals surface area contributed by atoms with Crippen molar-refractivity contribution in [2.75, 3.05) is 11.9 Å². The number of ether oxygens (including phenoxy) is 1.